The maximum atomic E-state index is 12.0. The zero-order valence-electron chi connectivity index (χ0n) is 13.5. The molecule has 7 heteroatoms. The second kappa shape index (κ2) is 6.16. The van der Waals surface area contributed by atoms with Gasteiger partial charge in [-0.2, -0.15) is 5.10 Å². The molecule has 23 heavy (non-hydrogen) atoms. The SMILES string of the molecule is COc1ccc([C@H]2SCC(=O)Nc3c2c(C)nn3C)c(OC)c1. The molecule has 0 radical (unpaired) electrons. The first-order valence-corrected chi connectivity index (χ1v) is 8.27. The van der Waals surface area contributed by atoms with E-state index in [4.69, 9.17) is 9.47 Å². The highest BCUT2D eigenvalue weighted by Gasteiger charge is 2.31. The van der Waals surface area contributed by atoms with Gasteiger partial charge in [0.05, 0.1) is 30.9 Å². The topological polar surface area (TPSA) is 65.4 Å². The van der Waals surface area contributed by atoms with Crippen LogP contribution < -0.4 is 14.8 Å². The molecule has 0 fully saturated rings. The van der Waals surface area contributed by atoms with Gasteiger partial charge in [0.25, 0.3) is 0 Å². The number of hydrogen-bond donors (Lipinski definition) is 1. The third-order valence-corrected chi connectivity index (χ3v) is 5.14. The molecule has 0 bridgehead atoms. The van der Waals surface area contributed by atoms with Crippen molar-refractivity contribution in [2.24, 2.45) is 7.05 Å². The number of thioether (sulfide) groups is 1. The predicted molar refractivity (Wildman–Crippen MR) is 90.4 cm³/mol. The van der Waals surface area contributed by atoms with Crippen molar-refractivity contribution in [1.29, 1.82) is 0 Å². The first-order valence-electron chi connectivity index (χ1n) is 7.22. The summed E-state index contributed by atoms with van der Waals surface area (Å²) in [7, 11) is 5.10. The number of amides is 1. The summed E-state index contributed by atoms with van der Waals surface area (Å²) in [5, 5.41) is 7.37. The molecule has 0 spiro atoms. The molecule has 0 saturated heterocycles. The molecule has 1 atom stereocenters. The van der Waals surface area contributed by atoms with Crippen molar-refractivity contribution in [3.8, 4) is 11.5 Å². The van der Waals surface area contributed by atoms with E-state index < -0.39 is 0 Å². The molecule has 1 aliphatic rings. The van der Waals surface area contributed by atoms with E-state index >= 15 is 0 Å². The Kier molecular flexibility index (Phi) is 4.21. The van der Waals surface area contributed by atoms with Crippen LogP contribution in [0.1, 0.15) is 22.1 Å². The van der Waals surface area contributed by atoms with Gasteiger partial charge in [0.1, 0.15) is 17.3 Å². The van der Waals surface area contributed by atoms with Crippen LogP contribution in [0.3, 0.4) is 0 Å². The van der Waals surface area contributed by atoms with Gasteiger partial charge in [0, 0.05) is 24.2 Å². The number of rotatable bonds is 3. The van der Waals surface area contributed by atoms with E-state index in [9.17, 15) is 4.79 Å². The van der Waals surface area contributed by atoms with Crippen molar-refractivity contribution in [3.63, 3.8) is 0 Å². The molecule has 1 aromatic heterocycles. The van der Waals surface area contributed by atoms with Crippen LogP contribution in [0.15, 0.2) is 18.2 Å². The van der Waals surface area contributed by atoms with Crippen LogP contribution in [-0.2, 0) is 11.8 Å². The summed E-state index contributed by atoms with van der Waals surface area (Å²) < 4.78 is 12.5. The second-order valence-electron chi connectivity index (χ2n) is 5.32. The van der Waals surface area contributed by atoms with E-state index in [2.05, 4.69) is 10.4 Å². The molecular weight excluding hydrogens is 314 g/mol. The van der Waals surface area contributed by atoms with Crippen molar-refractivity contribution >= 4 is 23.5 Å². The van der Waals surface area contributed by atoms with Gasteiger partial charge in [-0.25, -0.2) is 0 Å². The van der Waals surface area contributed by atoms with Crippen LogP contribution in [0.5, 0.6) is 11.5 Å². The average Bonchev–Trinajstić information content (AvgIpc) is 2.72. The van der Waals surface area contributed by atoms with Gasteiger partial charge in [-0.1, -0.05) is 6.07 Å². The largest absolute Gasteiger partial charge is 0.497 e. The number of fused-ring (bicyclic) bond motifs is 1. The molecule has 0 aliphatic carbocycles. The fraction of sp³-hybridized carbons (Fsp3) is 0.375. The van der Waals surface area contributed by atoms with Crippen LogP contribution in [0.25, 0.3) is 0 Å². The van der Waals surface area contributed by atoms with E-state index in [1.807, 2.05) is 32.2 Å². The Bertz CT molecular complexity index is 757. The summed E-state index contributed by atoms with van der Waals surface area (Å²) in [6.45, 7) is 1.96. The number of carbonyl (C=O) groups excluding carboxylic acids is 1. The molecule has 2 aromatic rings. The van der Waals surface area contributed by atoms with Crippen LogP contribution in [0.4, 0.5) is 5.82 Å². The van der Waals surface area contributed by atoms with E-state index in [-0.39, 0.29) is 11.2 Å². The Morgan fingerprint density at radius 1 is 1.35 bits per heavy atom. The van der Waals surface area contributed by atoms with Gasteiger partial charge in [-0.3, -0.25) is 9.48 Å². The minimum Gasteiger partial charge on any atom is -0.497 e. The van der Waals surface area contributed by atoms with Crippen LogP contribution in [0.2, 0.25) is 0 Å². The zero-order chi connectivity index (χ0) is 16.6. The summed E-state index contributed by atoms with van der Waals surface area (Å²) >= 11 is 1.57. The lowest BCUT2D eigenvalue weighted by molar-refractivity contribution is -0.113. The Balaban J connectivity index is 2.15. The van der Waals surface area contributed by atoms with Gasteiger partial charge < -0.3 is 14.8 Å². The van der Waals surface area contributed by atoms with Gasteiger partial charge in [-0.15, -0.1) is 11.8 Å². The summed E-state index contributed by atoms with van der Waals surface area (Å²) in [4.78, 5) is 12.0. The highest BCUT2D eigenvalue weighted by molar-refractivity contribution is 8.00. The molecule has 6 nitrogen and oxygen atoms in total. The average molecular weight is 333 g/mol. The third-order valence-electron chi connectivity index (χ3n) is 3.89. The van der Waals surface area contributed by atoms with Gasteiger partial charge >= 0.3 is 0 Å². The van der Waals surface area contributed by atoms with Crippen molar-refractivity contribution < 1.29 is 14.3 Å². The number of aromatic nitrogens is 2. The number of methoxy groups -OCH3 is 2. The zero-order valence-corrected chi connectivity index (χ0v) is 14.4. The van der Waals surface area contributed by atoms with E-state index in [0.717, 1.165) is 34.1 Å². The summed E-state index contributed by atoms with van der Waals surface area (Å²) in [5.41, 5.74) is 2.93. The maximum absolute atomic E-state index is 12.0. The summed E-state index contributed by atoms with van der Waals surface area (Å²) in [6, 6.07) is 5.76. The quantitative estimate of drug-likeness (QED) is 0.935. The van der Waals surface area contributed by atoms with Crippen molar-refractivity contribution in [2.45, 2.75) is 12.2 Å². The second-order valence-corrected chi connectivity index (χ2v) is 6.41. The van der Waals surface area contributed by atoms with Gasteiger partial charge in [0.15, 0.2) is 0 Å². The van der Waals surface area contributed by atoms with Crippen molar-refractivity contribution in [3.05, 3.63) is 35.0 Å². The molecule has 122 valence electrons. The number of carbonyl (C=O) groups is 1. The summed E-state index contributed by atoms with van der Waals surface area (Å²) in [6.07, 6.45) is 0. The minimum absolute atomic E-state index is 0.0192. The van der Waals surface area contributed by atoms with Crippen LogP contribution in [0, 0.1) is 6.92 Å². The third kappa shape index (κ3) is 2.76. The highest BCUT2D eigenvalue weighted by Crippen LogP contribution is 2.46. The van der Waals surface area contributed by atoms with Crippen molar-refractivity contribution in [2.75, 3.05) is 25.3 Å². The lowest BCUT2D eigenvalue weighted by Gasteiger charge is -2.19. The van der Waals surface area contributed by atoms with Crippen LogP contribution in [-0.4, -0.2) is 35.7 Å². The first-order chi connectivity index (χ1) is 11.0. The highest BCUT2D eigenvalue weighted by atomic mass is 32.2. The molecule has 0 unspecified atom stereocenters. The number of nitrogens with one attached hydrogen (secondary N) is 1. The monoisotopic (exact) mass is 333 g/mol. The van der Waals surface area contributed by atoms with Gasteiger partial charge in [-0.05, 0) is 13.0 Å². The number of aryl methyl sites for hydroxylation is 2. The number of anilines is 1. The van der Waals surface area contributed by atoms with Gasteiger partial charge in [0.2, 0.25) is 5.91 Å². The molecule has 1 aromatic carbocycles. The molecule has 1 amide bonds. The molecule has 3 rings (SSSR count). The summed E-state index contributed by atoms with van der Waals surface area (Å²) in [5.74, 6) is 2.59. The Hall–Kier alpha value is -2.15. The molecular formula is C16H19N3O3S. The number of nitrogens with zero attached hydrogens (tertiary/aromatic N) is 2. The molecule has 1 N–H and O–H groups in total. The minimum atomic E-state index is -0.0292. The predicted octanol–water partition coefficient (Wildman–Crippen LogP) is 2.52. The van der Waals surface area contributed by atoms with Crippen LogP contribution >= 0.6 is 11.8 Å². The fourth-order valence-electron chi connectivity index (χ4n) is 2.83. The molecule has 1 aliphatic heterocycles. The van der Waals surface area contributed by atoms with E-state index in [1.54, 1.807) is 30.7 Å². The van der Waals surface area contributed by atoms with E-state index in [1.165, 1.54) is 0 Å². The normalized spacial score (nSPS) is 17.2. The lowest BCUT2D eigenvalue weighted by atomic mass is 10.0. The number of ether oxygens (including phenoxy) is 2. The van der Waals surface area contributed by atoms with Crippen molar-refractivity contribution in [1.82, 2.24) is 9.78 Å². The van der Waals surface area contributed by atoms with E-state index in [0.29, 0.717) is 5.75 Å². The maximum Gasteiger partial charge on any atom is 0.235 e. The molecule has 0 saturated carbocycles. The first kappa shape index (κ1) is 15.7. The Labute approximate surface area is 139 Å². The Morgan fingerprint density at radius 3 is 2.83 bits per heavy atom. The Morgan fingerprint density at radius 2 is 2.13 bits per heavy atom. The molecule has 2 heterocycles. The fourth-order valence-corrected chi connectivity index (χ4v) is 4.04. The number of benzene rings is 1. The standard InChI is InChI=1S/C16H19N3O3S/c1-9-14-15(11-6-5-10(21-3)7-12(11)22-4)23-8-13(20)17-16(14)19(2)18-9/h5-7,15H,8H2,1-4H3,(H,17,20)/t15-/m1/s1. The number of hydrogen-bond acceptors (Lipinski definition) is 5. The lowest BCUT2D eigenvalue weighted by Crippen LogP contribution is -2.15. The smallest absolute Gasteiger partial charge is 0.235 e.